The van der Waals surface area contributed by atoms with Crippen LogP contribution in [0.25, 0.3) is 0 Å². The van der Waals surface area contributed by atoms with Gasteiger partial charge in [0.1, 0.15) is 0 Å². The summed E-state index contributed by atoms with van der Waals surface area (Å²) in [6, 6.07) is 0. The summed E-state index contributed by atoms with van der Waals surface area (Å²) in [7, 11) is 0. The Bertz CT molecular complexity index is 282. The van der Waals surface area contributed by atoms with E-state index >= 15 is 0 Å². The second-order valence-corrected chi connectivity index (χ2v) is 7.57. The van der Waals surface area contributed by atoms with Gasteiger partial charge in [-0.1, -0.05) is 13.3 Å². The fourth-order valence-electron chi connectivity index (χ4n) is 4.40. The molecule has 104 valence electrons. The highest BCUT2D eigenvalue weighted by atomic mass is 32.2. The first kappa shape index (κ1) is 13.3. The van der Waals surface area contributed by atoms with Crippen molar-refractivity contribution in [3.05, 3.63) is 0 Å². The number of hydrogen-bond acceptors (Lipinski definition) is 3. The van der Waals surface area contributed by atoms with Crippen molar-refractivity contribution in [2.45, 2.75) is 63.0 Å². The average molecular weight is 269 g/mol. The predicted octanol–water partition coefficient (Wildman–Crippen LogP) is 3.21. The molecule has 0 amide bonds. The summed E-state index contributed by atoms with van der Waals surface area (Å²) in [4.78, 5) is 0. The van der Waals surface area contributed by atoms with Crippen LogP contribution in [0.3, 0.4) is 0 Å². The number of nitrogens with one attached hydrogen (secondary N) is 1. The summed E-state index contributed by atoms with van der Waals surface area (Å²) in [6.07, 6.45) is 9.32. The summed E-state index contributed by atoms with van der Waals surface area (Å²) < 4.78 is 6.19. The maximum atomic E-state index is 6.19. The van der Waals surface area contributed by atoms with Gasteiger partial charge in [-0.05, 0) is 56.7 Å². The summed E-state index contributed by atoms with van der Waals surface area (Å²) >= 11 is 2.09. The standard InChI is InChI=1S/C15H27NOS/c1-2-5-15(6-3-8-16-15)13-4-9-17-14(11-13)7-10-18-12-14/h13,16H,2-12H2,1H3. The third-order valence-corrected chi connectivity index (χ3v) is 6.54. The first-order chi connectivity index (χ1) is 8.79. The Morgan fingerprint density at radius 1 is 1.39 bits per heavy atom. The fraction of sp³-hybridized carbons (Fsp3) is 1.00. The van der Waals surface area contributed by atoms with E-state index in [0.717, 1.165) is 12.5 Å². The van der Waals surface area contributed by atoms with Crippen LogP contribution in [0.1, 0.15) is 51.9 Å². The molecule has 0 bridgehead atoms. The second kappa shape index (κ2) is 5.34. The highest BCUT2D eigenvalue weighted by Crippen LogP contribution is 2.46. The zero-order valence-electron chi connectivity index (χ0n) is 11.7. The lowest BCUT2D eigenvalue weighted by molar-refractivity contribution is -0.0954. The van der Waals surface area contributed by atoms with Gasteiger partial charge in [-0.25, -0.2) is 0 Å². The third kappa shape index (κ3) is 2.34. The summed E-state index contributed by atoms with van der Waals surface area (Å²) in [5.74, 6) is 3.40. The van der Waals surface area contributed by atoms with Gasteiger partial charge >= 0.3 is 0 Å². The van der Waals surface area contributed by atoms with Gasteiger partial charge in [0.2, 0.25) is 0 Å². The van der Waals surface area contributed by atoms with Crippen LogP contribution in [0.2, 0.25) is 0 Å². The zero-order chi connectivity index (χ0) is 12.5. The van der Waals surface area contributed by atoms with Gasteiger partial charge < -0.3 is 10.1 Å². The van der Waals surface area contributed by atoms with E-state index in [4.69, 9.17) is 4.74 Å². The quantitative estimate of drug-likeness (QED) is 0.850. The number of thioether (sulfide) groups is 1. The molecule has 3 aliphatic heterocycles. The van der Waals surface area contributed by atoms with Gasteiger partial charge in [0.15, 0.2) is 0 Å². The summed E-state index contributed by atoms with van der Waals surface area (Å²) in [5, 5.41) is 3.88. The molecule has 3 rings (SSSR count). The zero-order valence-corrected chi connectivity index (χ0v) is 12.5. The molecule has 0 aromatic carbocycles. The molecule has 0 aliphatic carbocycles. The van der Waals surface area contributed by atoms with Crippen LogP contribution in [-0.4, -0.2) is 35.8 Å². The van der Waals surface area contributed by atoms with Crippen LogP contribution < -0.4 is 5.32 Å². The van der Waals surface area contributed by atoms with Gasteiger partial charge in [0.25, 0.3) is 0 Å². The maximum Gasteiger partial charge on any atom is 0.0783 e. The maximum absolute atomic E-state index is 6.19. The van der Waals surface area contributed by atoms with E-state index in [2.05, 4.69) is 24.0 Å². The Labute approximate surface area is 116 Å². The molecule has 2 nitrogen and oxygen atoms in total. The Kier molecular flexibility index (Phi) is 3.93. The van der Waals surface area contributed by atoms with Gasteiger partial charge in [-0.3, -0.25) is 0 Å². The Morgan fingerprint density at radius 2 is 2.33 bits per heavy atom. The normalized spacial score (nSPS) is 44.8. The van der Waals surface area contributed by atoms with E-state index < -0.39 is 0 Å². The molecule has 0 saturated carbocycles. The van der Waals surface area contributed by atoms with E-state index in [1.165, 1.54) is 63.0 Å². The number of hydrogen-bond donors (Lipinski definition) is 1. The molecule has 0 aromatic heterocycles. The molecule has 0 radical (unpaired) electrons. The largest absolute Gasteiger partial charge is 0.374 e. The van der Waals surface area contributed by atoms with Crippen molar-refractivity contribution in [3.8, 4) is 0 Å². The average Bonchev–Trinajstić information content (AvgIpc) is 3.01. The molecule has 3 unspecified atom stereocenters. The van der Waals surface area contributed by atoms with Crippen molar-refractivity contribution in [2.24, 2.45) is 5.92 Å². The molecule has 3 atom stereocenters. The number of ether oxygens (including phenoxy) is 1. The minimum absolute atomic E-state index is 0.249. The Hall–Kier alpha value is 0.270. The molecule has 1 spiro atoms. The van der Waals surface area contributed by atoms with Crippen LogP contribution in [0.5, 0.6) is 0 Å². The van der Waals surface area contributed by atoms with E-state index in [9.17, 15) is 0 Å². The SMILES string of the molecule is CCCC1(C2CCOC3(CCSC3)C2)CCCN1. The lowest BCUT2D eigenvalue weighted by Gasteiger charge is -2.46. The van der Waals surface area contributed by atoms with E-state index in [1.54, 1.807) is 0 Å². The minimum atomic E-state index is 0.249. The monoisotopic (exact) mass is 269 g/mol. The molecular weight excluding hydrogens is 242 g/mol. The highest BCUT2D eigenvalue weighted by molar-refractivity contribution is 7.99. The van der Waals surface area contributed by atoms with Crippen molar-refractivity contribution < 1.29 is 4.74 Å². The molecule has 3 heterocycles. The van der Waals surface area contributed by atoms with Crippen LogP contribution in [0.4, 0.5) is 0 Å². The highest BCUT2D eigenvalue weighted by Gasteiger charge is 2.48. The molecule has 18 heavy (non-hydrogen) atoms. The van der Waals surface area contributed by atoms with Gasteiger partial charge in [0, 0.05) is 17.9 Å². The molecule has 0 aromatic rings. The summed E-state index contributed by atoms with van der Waals surface area (Å²) in [5.41, 5.74) is 0.706. The van der Waals surface area contributed by atoms with Crippen LogP contribution in [-0.2, 0) is 4.74 Å². The lowest BCUT2D eigenvalue weighted by Crippen LogP contribution is -2.53. The molecule has 3 aliphatic rings. The van der Waals surface area contributed by atoms with Crippen molar-refractivity contribution in [3.63, 3.8) is 0 Å². The van der Waals surface area contributed by atoms with Crippen molar-refractivity contribution in [2.75, 3.05) is 24.7 Å². The predicted molar refractivity (Wildman–Crippen MR) is 78.2 cm³/mol. The van der Waals surface area contributed by atoms with E-state index in [-0.39, 0.29) is 5.60 Å². The van der Waals surface area contributed by atoms with Crippen LogP contribution in [0.15, 0.2) is 0 Å². The first-order valence-corrected chi connectivity index (χ1v) is 8.91. The molecule has 3 heteroatoms. The second-order valence-electron chi connectivity index (χ2n) is 6.46. The number of rotatable bonds is 3. The Morgan fingerprint density at radius 3 is 3.00 bits per heavy atom. The Balaban J connectivity index is 1.73. The summed E-state index contributed by atoms with van der Waals surface area (Å²) in [6.45, 7) is 4.57. The topological polar surface area (TPSA) is 21.3 Å². The fourth-order valence-corrected chi connectivity index (χ4v) is 5.78. The van der Waals surface area contributed by atoms with E-state index in [0.29, 0.717) is 5.54 Å². The molecule has 3 saturated heterocycles. The lowest BCUT2D eigenvalue weighted by atomic mass is 9.71. The third-order valence-electron chi connectivity index (χ3n) is 5.31. The molecule has 3 fully saturated rings. The van der Waals surface area contributed by atoms with Crippen molar-refractivity contribution in [1.29, 1.82) is 0 Å². The minimum Gasteiger partial charge on any atom is -0.374 e. The van der Waals surface area contributed by atoms with Crippen molar-refractivity contribution >= 4 is 11.8 Å². The van der Waals surface area contributed by atoms with Gasteiger partial charge in [0.05, 0.1) is 5.60 Å². The van der Waals surface area contributed by atoms with Crippen molar-refractivity contribution in [1.82, 2.24) is 5.32 Å². The van der Waals surface area contributed by atoms with Gasteiger partial charge in [-0.2, -0.15) is 11.8 Å². The van der Waals surface area contributed by atoms with Crippen LogP contribution in [0, 0.1) is 5.92 Å². The van der Waals surface area contributed by atoms with Gasteiger partial charge in [-0.15, -0.1) is 0 Å². The molecular formula is C15H27NOS. The first-order valence-electron chi connectivity index (χ1n) is 7.75. The van der Waals surface area contributed by atoms with E-state index in [1.807, 2.05) is 0 Å². The molecule has 1 N–H and O–H groups in total. The smallest absolute Gasteiger partial charge is 0.0783 e. The van der Waals surface area contributed by atoms with Crippen LogP contribution >= 0.6 is 11.8 Å².